The summed E-state index contributed by atoms with van der Waals surface area (Å²) in [6.45, 7) is 1.35. The number of hydrogen-bond acceptors (Lipinski definition) is 3. The molecule has 3 rings (SSSR count). The first kappa shape index (κ1) is 14.1. The van der Waals surface area contributed by atoms with Crippen LogP contribution in [0.15, 0.2) is 53.3 Å². The van der Waals surface area contributed by atoms with Crippen molar-refractivity contribution < 1.29 is 5.11 Å². The molecule has 1 heterocycles. The van der Waals surface area contributed by atoms with E-state index >= 15 is 0 Å². The van der Waals surface area contributed by atoms with Gasteiger partial charge in [0, 0.05) is 28.5 Å². The van der Waals surface area contributed by atoms with E-state index in [0.29, 0.717) is 13.1 Å². The minimum absolute atomic E-state index is 0.106. The number of anilines is 1. The van der Waals surface area contributed by atoms with Crippen LogP contribution in [0.25, 0.3) is 10.8 Å². The predicted octanol–water partition coefficient (Wildman–Crippen LogP) is 3.40. The molecule has 2 N–H and O–H groups in total. The molecule has 0 saturated carbocycles. The van der Waals surface area contributed by atoms with Gasteiger partial charge in [-0.15, -0.1) is 0 Å². The van der Waals surface area contributed by atoms with Crippen molar-refractivity contribution in [2.45, 2.75) is 13.1 Å². The van der Waals surface area contributed by atoms with Gasteiger partial charge in [-0.25, -0.2) is 0 Å². The van der Waals surface area contributed by atoms with Gasteiger partial charge in [-0.1, -0.05) is 28.1 Å². The Kier molecular flexibility index (Phi) is 4.22. The zero-order valence-corrected chi connectivity index (χ0v) is 13.0. The fourth-order valence-corrected chi connectivity index (χ4v) is 2.63. The van der Waals surface area contributed by atoms with E-state index in [0.717, 1.165) is 15.7 Å². The molecule has 0 radical (unpaired) electrons. The minimum atomic E-state index is 0.106. The van der Waals surface area contributed by atoms with Crippen LogP contribution in [0.5, 0.6) is 0 Å². The summed E-state index contributed by atoms with van der Waals surface area (Å²) in [5.41, 5.74) is 2.18. The molecule has 3 aromatic rings. The molecule has 0 fully saturated rings. The second-order valence-corrected chi connectivity index (χ2v) is 5.81. The number of hydrogen-bond donors (Lipinski definition) is 2. The number of nitrogens with zero attached hydrogens (tertiary/aromatic N) is 2. The average Bonchev–Trinajstić information content (AvgIpc) is 2.93. The largest absolute Gasteiger partial charge is 0.394 e. The molecule has 4 nitrogen and oxygen atoms in total. The van der Waals surface area contributed by atoms with Crippen molar-refractivity contribution in [3.05, 3.63) is 58.8 Å². The molecule has 108 valence electrons. The Morgan fingerprint density at radius 2 is 1.95 bits per heavy atom. The Balaban J connectivity index is 1.70. The Bertz CT molecular complexity index is 754. The normalized spacial score (nSPS) is 11.0. The molecule has 0 atom stereocenters. The first-order valence-corrected chi connectivity index (χ1v) is 7.59. The first-order valence-electron chi connectivity index (χ1n) is 6.80. The van der Waals surface area contributed by atoms with Crippen molar-refractivity contribution in [3.8, 4) is 0 Å². The Hall–Kier alpha value is -1.85. The average molecular weight is 346 g/mol. The molecule has 0 unspecified atom stereocenters. The number of benzene rings is 2. The lowest BCUT2D eigenvalue weighted by atomic mass is 10.1. The number of halogens is 1. The monoisotopic (exact) mass is 345 g/mol. The van der Waals surface area contributed by atoms with Gasteiger partial charge in [-0.3, -0.25) is 4.68 Å². The van der Waals surface area contributed by atoms with Crippen LogP contribution < -0.4 is 5.32 Å². The van der Waals surface area contributed by atoms with Crippen molar-refractivity contribution in [3.63, 3.8) is 0 Å². The number of aliphatic hydroxyl groups excluding tert-OH is 1. The Morgan fingerprint density at radius 3 is 2.81 bits per heavy atom. The predicted molar refractivity (Wildman–Crippen MR) is 88.3 cm³/mol. The summed E-state index contributed by atoms with van der Waals surface area (Å²) in [4.78, 5) is 0. The zero-order valence-electron chi connectivity index (χ0n) is 11.5. The Labute approximate surface area is 131 Å². The van der Waals surface area contributed by atoms with Crippen molar-refractivity contribution in [2.24, 2.45) is 0 Å². The summed E-state index contributed by atoms with van der Waals surface area (Å²) in [5.74, 6) is 0. The van der Waals surface area contributed by atoms with E-state index in [-0.39, 0.29) is 6.61 Å². The van der Waals surface area contributed by atoms with Gasteiger partial charge in [0.05, 0.1) is 19.3 Å². The highest BCUT2D eigenvalue weighted by Gasteiger charge is 2.00. The van der Waals surface area contributed by atoms with E-state index in [2.05, 4.69) is 56.7 Å². The van der Waals surface area contributed by atoms with Gasteiger partial charge < -0.3 is 10.4 Å². The third-order valence-electron chi connectivity index (χ3n) is 3.31. The smallest absolute Gasteiger partial charge is 0.0640 e. The van der Waals surface area contributed by atoms with E-state index in [9.17, 15) is 0 Å². The van der Waals surface area contributed by atoms with Gasteiger partial charge >= 0.3 is 0 Å². The minimum Gasteiger partial charge on any atom is -0.394 e. The molecule has 0 saturated heterocycles. The quantitative estimate of drug-likeness (QED) is 0.745. The van der Waals surface area contributed by atoms with Crippen molar-refractivity contribution in [1.29, 1.82) is 0 Å². The van der Waals surface area contributed by atoms with E-state index in [1.165, 1.54) is 10.8 Å². The molecule has 0 aliphatic heterocycles. The van der Waals surface area contributed by atoms with Crippen LogP contribution in [0.2, 0.25) is 0 Å². The van der Waals surface area contributed by atoms with Gasteiger partial charge in [0.2, 0.25) is 0 Å². The van der Waals surface area contributed by atoms with Crippen molar-refractivity contribution in [2.75, 3.05) is 11.9 Å². The maximum Gasteiger partial charge on any atom is 0.0640 e. The third-order valence-corrected chi connectivity index (χ3v) is 3.81. The van der Waals surface area contributed by atoms with E-state index in [4.69, 9.17) is 5.11 Å². The summed E-state index contributed by atoms with van der Waals surface area (Å²) in [5, 5.41) is 18.9. The van der Waals surface area contributed by atoms with Gasteiger partial charge in [0.1, 0.15) is 0 Å². The van der Waals surface area contributed by atoms with Crippen LogP contribution in [0.1, 0.15) is 5.56 Å². The number of aliphatic hydroxyl groups is 1. The number of rotatable bonds is 5. The molecule has 1 aromatic heterocycles. The first-order chi connectivity index (χ1) is 10.2. The fraction of sp³-hybridized carbons (Fsp3) is 0.188. The molecule has 0 aliphatic rings. The second kappa shape index (κ2) is 6.28. The molecule has 0 amide bonds. The summed E-state index contributed by atoms with van der Waals surface area (Å²) in [6, 6.07) is 12.6. The summed E-state index contributed by atoms with van der Waals surface area (Å²) in [6.07, 6.45) is 3.77. The van der Waals surface area contributed by atoms with Gasteiger partial charge in [-0.2, -0.15) is 5.10 Å². The maximum absolute atomic E-state index is 8.88. The summed E-state index contributed by atoms with van der Waals surface area (Å²) in [7, 11) is 0. The van der Waals surface area contributed by atoms with E-state index in [1.54, 1.807) is 4.68 Å². The maximum atomic E-state index is 8.88. The summed E-state index contributed by atoms with van der Waals surface area (Å²) < 4.78 is 2.83. The van der Waals surface area contributed by atoms with Gasteiger partial charge in [-0.05, 0) is 35.0 Å². The highest BCUT2D eigenvalue weighted by Crippen LogP contribution is 2.23. The molecule has 2 aromatic carbocycles. The van der Waals surface area contributed by atoms with Crippen molar-refractivity contribution in [1.82, 2.24) is 9.78 Å². The lowest BCUT2D eigenvalue weighted by molar-refractivity contribution is 0.269. The Morgan fingerprint density at radius 1 is 1.14 bits per heavy atom. The lowest BCUT2D eigenvalue weighted by Gasteiger charge is -2.07. The number of aromatic nitrogens is 2. The molecule has 5 heteroatoms. The summed E-state index contributed by atoms with van der Waals surface area (Å²) >= 11 is 3.48. The van der Waals surface area contributed by atoms with Crippen LogP contribution in [0, 0.1) is 0 Å². The third kappa shape index (κ3) is 3.43. The lowest BCUT2D eigenvalue weighted by Crippen LogP contribution is -2.02. The van der Waals surface area contributed by atoms with Crippen molar-refractivity contribution >= 4 is 32.4 Å². The molecule has 0 bridgehead atoms. The topological polar surface area (TPSA) is 50.1 Å². The molecular formula is C16H16BrN3O. The van der Waals surface area contributed by atoms with E-state index < -0.39 is 0 Å². The van der Waals surface area contributed by atoms with E-state index in [1.807, 2.05) is 18.5 Å². The SMILES string of the molecule is OCCn1cc(CNc2ccc3cc(Br)ccc3c2)cn1. The standard InChI is InChI=1S/C16H16BrN3O/c17-15-3-1-14-8-16(4-2-13(14)7-15)18-9-12-10-19-20(11-12)5-6-21/h1-4,7-8,10-11,18,21H,5-6,9H2. The highest BCUT2D eigenvalue weighted by molar-refractivity contribution is 9.10. The van der Waals surface area contributed by atoms with Crippen LogP contribution in [0.3, 0.4) is 0 Å². The fourth-order valence-electron chi connectivity index (χ4n) is 2.25. The molecular weight excluding hydrogens is 330 g/mol. The van der Waals surface area contributed by atoms with Crippen LogP contribution in [-0.4, -0.2) is 21.5 Å². The molecule has 21 heavy (non-hydrogen) atoms. The molecule has 0 spiro atoms. The van der Waals surface area contributed by atoms with Gasteiger partial charge in [0.15, 0.2) is 0 Å². The zero-order chi connectivity index (χ0) is 14.7. The highest BCUT2D eigenvalue weighted by atomic mass is 79.9. The molecule has 0 aliphatic carbocycles. The van der Waals surface area contributed by atoms with Crippen LogP contribution >= 0.6 is 15.9 Å². The van der Waals surface area contributed by atoms with Gasteiger partial charge in [0.25, 0.3) is 0 Å². The second-order valence-electron chi connectivity index (χ2n) is 4.90. The number of fused-ring (bicyclic) bond motifs is 1. The van der Waals surface area contributed by atoms with Crippen LogP contribution in [-0.2, 0) is 13.1 Å². The number of nitrogens with one attached hydrogen (secondary N) is 1. The van der Waals surface area contributed by atoms with Crippen LogP contribution in [0.4, 0.5) is 5.69 Å².